The molecule has 0 unspecified atom stereocenters. The van der Waals surface area contributed by atoms with Gasteiger partial charge in [0, 0.05) is 0 Å². The van der Waals surface area contributed by atoms with Crippen molar-refractivity contribution in [1.29, 1.82) is 0 Å². The number of ether oxygens (including phenoxy) is 2. The van der Waals surface area contributed by atoms with Crippen molar-refractivity contribution in [3.8, 4) is 11.5 Å². The molecule has 1 N–H and O–H groups in total. The highest BCUT2D eigenvalue weighted by molar-refractivity contribution is 5.42. The fourth-order valence-electron chi connectivity index (χ4n) is 2.99. The van der Waals surface area contributed by atoms with Crippen LogP contribution in [0.15, 0.2) is 18.2 Å². The molecule has 2 aliphatic heterocycles. The van der Waals surface area contributed by atoms with E-state index < -0.39 is 0 Å². The van der Waals surface area contributed by atoms with Gasteiger partial charge in [0.25, 0.3) is 0 Å². The molecule has 1 saturated heterocycles. The van der Waals surface area contributed by atoms with Gasteiger partial charge in [-0.15, -0.1) is 0 Å². The highest BCUT2D eigenvalue weighted by atomic mass is 16.5. The maximum Gasteiger partial charge on any atom is 0.123 e. The van der Waals surface area contributed by atoms with Crippen LogP contribution in [0.4, 0.5) is 0 Å². The number of piperidine rings is 1. The first-order valence-electron chi connectivity index (χ1n) is 6.97. The molecule has 0 saturated carbocycles. The van der Waals surface area contributed by atoms with Crippen LogP contribution in [-0.2, 0) is 6.42 Å². The minimum Gasteiger partial charge on any atom is -0.494 e. The van der Waals surface area contributed by atoms with Crippen molar-refractivity contribution in [3.63, 3.8) is 0 Å². The number of fused-ring (bicyclic) bond motifs is 1. The van der Waals surface area contributed by atoms with Crippen LogP contribution in [0.5, 0.6) is 11.5 Å². The van der Waals surface area contributed by atoms with Gasteiger partial charge in [-0.1, -0.05) is 0 Å². The Hall–Kier alpha value is -1.22. The Balaban J connectivity index is 1.80. The molecule has 1 aromatic carbocycles. The molecule has 0 amide bonds. The Bertz CT molecular complexity index is 425. The van der Waals surface area contributed by atoms with Crippen molar-refractivity contribution in [2.75, 3.05) is 19.7 Å². The summed E-state index contributed by atoms with van der Waals surface area (Å²) in [5.74, 6) is 2.02. The summed E-state index contributed by atoms with van der Waals surface area (Å²) in [6.07, 6.45) is 4.49. The summed E-state index contributed by atoms with van der Waals surface area (Å²) in [7, 11) is 0. The van der Waals surface area contributed by atoms with E-state index in [2.05, 4.69) is 17.4 Å². The molecular formula is C15H21NO2. The van der Waals surface area contributed by atoms with E-state index in [4.69, 9.17) is 9.47 Å². The fraction of sp³-hybridized carbons (Fsp3) is 0.600. The standard InChI is InChI=1S/C15H21NO2/c1-2-17-13-3-4-14-12(11-13)5-6-15(18-14)7-9-16-10-8-15/h3-4,11,16H,2,5-10H2,1H3. The molecule has 98 valence electrons. The summed E-state index contributed by atoms with van der Waals surface area (Å²) in [5, 5.41) is 3.41. The number of hydrogen-bond donors (Lipinski definition) is 1. The topological polar surface area (TPSA) is 30.5 Å². The highest BCUT2D eigenvalue weighted by Crippen LogP contribution is 2.39. The minimum atomic E-state index is 0.0887. The summed E-state index contributed by atoms with van der Waals surface area (Å²) in [4.78, 5) is 0. The molecule has 1 fully saturated rings. The Morgan fingerprint density at radius 2 is 2.11 bits per heavy atom. The average Bonchev–Trinajstić information content (AvgIpc) is 2.40. The van der Waals surface area contributed by atoms with E-state index in [9.17, 15) is 0 Å². The molecule has 3 nitrogen and oxygen atoms in total. The maximum absolute atomic E-state index is 6.30. The number of aryl methyl sites for hydroxylation is 1. The Labute approximate surface area is 108 Å². The first-order chi connectivity index (χ1) is 8.81. The first-order valence-corrected chi connectivity index (χ1v) is 6.97. The lowest BCUT2D eigenvalue weighted by Gasteiger charge is -2.41. The van der Waals surface area contributed by atoms with Crippen LogP contribution in [0.2, 0.25) is 0 Å². The molecule has 3 rings (SSSR count). The van der Waals surface area contributed by atoms with Gasteiger partial charge in [0.15, 0.2) is 0 Å². The minimum absolute atomic E-state index is 0.0887. The molecular weight excluding hydrogens is 226 g/mol. The molecule has 18 heavy (non-hydrogen) atoms. The monoisotopic (exact) mass is 247 g/mol. The molecule has 0 aliphatic carbocycles. The summed E-state index contributed by atoms with van der Waals surface area (Å²) < 4.78 is 11.8. The predicted octanol–water partition coefficient (Wildman–Crippen LogP) is 2.53. The zero-order chi connectivity index (χ0) is 12.4. The van der Waals surface area contributed by atoms with Gasteiger partial charge in [0.2, 0.25) is 0 Å². The van der Waals surface area contributed by atoms with Gasteiger partial charge in [-0.3, -0.25) is 0 Å². The van der Waals surface area contributed by atoms with Gasteiger partial charge < -0.3 is 14.8 Å². The van der Waals surface area contributed by atoms with E-state index >= 15 is 0 Å². The highest BCUT2D eigenvalue weighted by Gasteiger charge is 2.37. The summed E-state index contributed by atoms with van der Waals surface area (Å²) >= 11 is 0. The van der Waals surface area contributed by atoms with Crippen LogP contribution in [0.3, 0.4) is 0 Å². The molecule has 1 aromatic rings. The average molecular weight is 247 g/mol. The normalized spacial score (nSPS) is 21.2. The van der Waals surface area contributed by atoms with E-state index in [0.29, 0.717) is 0 Å². The number of hydrogen-bond acceptors (Lipinski definition) is 3. The second kappa shape index (κ2) is 4.81. The van der Waals surface area contributed by atoms with Crippen molar-refractivity contribution in [1.82, 2.24) is 5.32 Å². The first kappa shape index (κ1) is 11.8. The maximum atomic E-state index is 6.30. The van der Waals surface area contributed by atoms with E-state index in [0.717, 1.165) is 56.9 Å². The van der Waals surface area contributed by atoms with E-state index in [-0.39, 0.29) is 5.60 Å². The second-order valence-electron chi connectivity index (χ2n) is 5.24. The quantitative estimate of drug-likeness (QED) is 0.871. The molecule has 0 radical (unpaired) electrons. The van der Waals surface area contributed by atoms with Gasteiger partial charge in [0.1, 0.15) is 17.1 Å². The summed E-state index contributed by atoms with van der Waals surface area (Å²) in [5.41, 5.74) is 1.39. The molecule has 0 atom stereocenters. The predicted molar refractivity (Wildman–Crippen MR) is 71.4 cm³/mol. The van der Waals surface area contributed by atoms with Gasteiger partial charge >= 0.3 is 0 Å². The van der Waals surface area contributed by atoms with Crippen LogP contribution in [0.1, 0.15) is 31.7 Å². The van der Waals surface area contributed by atoms with E-state index in [1.165, 1.54) is 5.56 Å². The third kappa shape index (κ3) is 2.19. The van der Waals surface area contributed by atoms with Gasteiger partial charge in [-0.25, -0.2) is 0 Å². The molecule has 3 heteroatoms. The molecule has 0 bridgehead atoms. The SMILES string of the molecule is CCOc1ccc2c(c1)CCC1(CCNCC1)O2. The van der Waals surface area contributed by atoms with Gasteiger partial charge in [-0.05, 0) is 69.5 Å². The Morgan fingerprint density at radius 3 is 2.89 bits per heavy atom. The lowest BCUT2D eigenvalue weighted by Crippen LogP contribution is -2.48. The van der Waals surface area contributed by atoms with Crippen molar-refractivity contribution >= 4 is 0 Å². The number of nitrogens with one attached hydrogen (secondary N) is 1. The van der Waals surface area contributed by atoms with E-state index in [1.807, 2.05) is 13.0 Å². The summed E-state index contributed by atoms with van der Waals surface area (Å²) in [6.45, 7) is 4.88. The Kier molecular flexibility index (Phi) is 3.16. The summed E-state index contributed by atoms with van der Waals surface area (Å²) in [6, 6.07) is 6.22. The van der Waals surface area contributed by atoms with Crippen molar-refractivity contribution < 1.29 is 9.47 Å². The second-order valence-corrected chi connectivity index (χ2v) is 5.24. The fourth-order valence-corrected chi connectivity index (χ4v) is 2.99. The molecule has 0 aromatic heterocycles. The van der Waals surface area contributed by atoms with E-state index in [1.54, 1.807) is 0 Å². The van der Waals surface area contributed by atoms with Crippen molar-refractivity contribution in [3.05, 3.63) is 23.8 Å². The number of rotatable bonds is 2. The van der Waals surface area contributed by atoms with Crippen molar-refractivity contribution in [2.45, 2.75) is 38.2 Å². The van der Waals surface area contributed by atoms with Gasteiger partial charge in [-0.2, -0.15) is 0 Å². The lowest BCUT2D eigenvalue weighted by atomic mass is 9.84. The zero-order valence-corrected chi connectivity index (χ0v) is 11.0. The van der Waals surface area contributed by atoms with Crippen LogP contribution < -0.4 is 14.8 Å². The zero-order valence-electron chi connectivity index (χ0n) is 11.0. The largest absolute Gasteiger partial charge is 0.494 e. The lowest BCUT2D eigenvalue weighted by molar-refractivity contribution is 0.0169. The van der Waals surface area contributed by atoms with Crippen LogP contribution in [-0.4, -0.2) is 25.3 Å². The number of benzene rings is 1. The van der Waals surface area contributed by atoms with Crippen LogP contribution in [0.25, 0.3) is 0 Å². The smallest absolute Gasteiger partial charge is 0.123 e. The molecule has 2 aliphatic rings. The third-order valence-electron chi connectivity index (χ3n) is 4.03. The Morgan fingerprint density at radius 1 is 1.28 bits per heavy atom. The molecule has 2 heterocycles. The van der Waals surface area contributed by atoms with Crippen LogP contribution >= 0.6 is 0 Å². The third-order valence-corrected chi connectivity index (χ3v) is 4.03. The van der Waals surface area contributed by atoms with Crippen molar-refractivity contribution in [2.24, 2.45) is 0 Å². The molecule has 1 spiro atoms. The van der Waals surface area contributed by atoms with Crippen LogP contribution in [0, 0.1) is 0 Å². The van der Waals surface area contributed by atoms with Gasteiger partial charge in [0.05, 0.1) is 6.61 Å².